The van der Waals surface area contributed by atoms with Gasteiger partial charge in [0.1, 0.15) is 0 Å². The van der Waals surface area contributed by atoms with Gasteiger partial charge in [0, 0.05) is 0 Å². The monoisotopic (exact) mass is 481 g/mol. The zero-order chi connectivity index (χ0) is 25.6. The maximum atomic E-state index is 8.24. The fourth-order valence-electron chi connectivity index (χ4n) is 5.15. The van der Waals surface area contributed by atoms with Crippen LogP contribution < -0.4 is 0 Å². The average Bonchev–Trinajstić information content (AvgIpc) is 2.85. The van der Waals surface area contributed by atoms with Gasteiger partial charge in [-0.25, -0.2) is 0 Å². The highest BCUT2D eigenvalue weighted by Gasteiger charge is 2.24. The second-order valence-corrected chi connectivity index (χ2v) is 10.7. The Bertz CT molecular complexity index is 382. The molecule has 0 radical (unpaired) electrons. The van der Waals surface area contributed by atoms with Gasteiger partial charge in [-0.05, 0) is 38.2 Å². The first kappa shape index (κ1) is 35.5. The third-order valence-corrected chi connectivity index (χ3v) is 7.44. The van der Waals surface area contributed by atoms with Crippen LogP contribution in [0.4, 0.5) is 0 Å². The van der Waals surface area contributed by atoms with Crippen molar-refractivity contribution >= 4 is 6.08 Å². The maximum Gasteiger partial charge on any atom is 0.0786 e. The second kappa shape index (κ2) is 30.4. The van der Waals surface area contributed by atoms with Crippen LogP contribution in [0.5, 0.6) is 0 Å². The molecular weight excluding hydrogens is 416 g/mol. The summed E-state index contributed by atoms with van der Waals surface area (Å²) in [5.41, 5.74) is 0. The molecule has 0 N–H and O–H groups in total. The van der Waals surface area contributed by atoms with Crippen molar-refractivity contribution in [1.29, 1.82) is 0 Å². The number of unbranched alkanes of at least 4 members (excludes halogenated alkanes) is 18. The molecule has 0 fully saturated rings. The molecular formula is C31H64N2O. The molecule has 3 nitrogen and oxygen atoms in total. The van der Waals surface area contributed by atoms with Crippen molar-refractivity contribution in [3.8, 4) is 0 Å². The molecule has 0 aromatic heterocycles. The molecule has 0 aliphatic rings. The molecule has 0 unspecified atom stereocenters. The van der Waals surface area contributed by atoms with E-state index in [1.807, 2.05) is 0 Å². The maximum absolute atomic E-state index is 8.24. The summed E-state index contributed by atoms with van der Waals surface area (Å²) < 4.78 is 1.44. The van der Waals surface area contributed by atoms with Gasteiger partial charge in [-0.1, -0.05) is 137 Å². The molecule has 0 rings (SSSR count). The van der Waals surface area contributed by atoms with E-state index in [4.69, 9.17) is 10.2 Å². The highest BCUT2D eigenvalue weighted by Crippen LogP contribution is 2.18. The SMILES string of the molecule is CCCCCCCCCCCCCCCCCC[N+](CCCC)(CCCC)CCCC.[N-]=C=O. The first-order valence-electron chi connectivity index (χ1n) is 15.5. The fourth-order valence-corrected chi connectivity index (χ4v) is 5.15. The summed E-state index contributed by atoms with van der Waals surface area (Å²) in [6, 6.07) is 0. The number of rotatable bonds is 26. The summed E-state index contributed by atoms with van der Waals surface area (Å²) in [5, 5.41) is 6.76. The van der Waals surface area contributed by atoms with Gasteiger partial charge in [-0.15, -0.1) is 0 Å². The van der Waals surface area contributed by atoms with Crippen molar-refractivity contribution in [3.05, 3.63) is 5.41 Å². The Morgan fingerprint density at radius 1 is 0.412 bits per heavy atom. The van der Waals surface area contributed by atoms with Gasteiger partial charge in [-0.3, -0.25) is 4.79 Å². The fraction of sp³-hybridized carbons (Fsp3) is 0.968. The molecule has 0 aromatic carbocycles. The van der Waals surface area contributed by atoms with Crippen LogP contribution in [0.3, 0.4) is 0 Å². The Morgan fingerprint density at radius 2 is 0.618 bits per heavy atom. The Kier molecular flexibility index (Phi) is 31.7. The van der Waals surface area contributed by atoms with Gasteiger partial charge in [-0.2, -0.15) is 0 Å². The molecule has 204 valence electrons. The molecule has 0 saturated carbocycles. The summed E-state index contributed by atoms with van der Waals surface area (Å²) in [6.45, 7) is 15.2. The van der Waals surface area contributed by atoms with E-state index in [2.05, 4.69) is 27.7 Å². The Hall–Kier alpha value is -0.660. The van der Waals surface area contributed by atoms with Gasteiger partial charge in [0.05, 0.1) is 26.2 Å². The Labute approximate surface area is 216 Å². The predicted molar refractivity (Wildman–Crippen MR) is 153 cm³/mol. The van der Waals surface area contributed by atoms with Gasteiger partial charge >= 0.3 is 0 Å². The second-order valence-electron chi connectivity index (χ2n) is 10.7. The van der Waals surface area contributed by atoms with E-state index in [9.17, 15) is 0 Å². The Morgan fingerprint density at radius 3 is 0.882 bits per heavy atom. The van der Waals surface area contributed by atoms with Gasteiger partial charge in [0.25, 0.3) is 0 Å². The zero-order valence-electron chi connectivity index (χ0n) is 24.2. The number of isocyanates is 1. The summed E-state index contributed by atoms with van der Waals surface area (Å²) in [5.74, 6) is 0. The number of quaternary nitrogens is 1. The molecule has 0 spiro atoms. The standard InChI is InChI=1S/C30H64N.CNO/c1-5-9-13-14-15-16-17-18-19-20-21-22-23-24-25-26-30-31(27-10-6-2,28-11-7-3)29-12-8-4;2-1-3/h5-30H2,1-4H3;/q+1;-1. The van der Waals surface area contributed by atoms with Crippen LogP contribution in [0.1, 0.15) is 169 Å². The first-order chi connectivity index (χ1) is 16.7. The van der Waals surface area contributed by atoms with E-state index < -0.39 is 0 Å². The lowest BCUT2D eigenvalue weighted by molar-refractivity contribution is -0.929. The molecule has 0 atom stereocenters. The summed E-state index contributed by atoms with van der Waals surface area (Å²) >= 11 is 0. The van der Waals surface area contributed by atoms with E-state index in [1.165, 1.54) is 172 Å². The van der Waals surface area contributed by atoms with Crippen molar-refractivity contribution in [2.75, 3.05) is 26.2 Å². The van der Waals surface area contributed by atoms with Crippen LogP contribution in [0.2, 0.25) is 0 Å². The quantitative estimate of drug-likeness (QED) is 0.0525. The summed E-state index contributed by atoms with van der Waals surface area (Å²) in [6.07, 6.45) is 32.4. The minimum Gasteiger partial charge on any atom is -0.724 e. The van der Waals surface area contributed by atoms with Crippen LogP contribution in [-0.4, -0.2) is 36.7 Å². The minimum atomic E-state index is 0.500. The van der Waals surface area contributed by atoms with Crippen molar-refractivity contribution in [3.63, 3.8) is 0 Å². The first-order valence-corrected chi connectivity index (χ1v) is 15.5. The van der Waals surface area contributed by atoms with E-state index >= 15 is 0 Å². The highest BCUT2D eigenvalue weighted by atomic mass is 16.1. The van der Waals surface area contributed by atoms with Crippen LogP contribution in [-0.2, 0) is 4.79 Å². The lowest BCUT2D eigenvalue weighted by atomic mass is 10.0. The molecule has 0 bridgehead atoms. The number of hydrogen-bond acceptors (Lipinski definition) is 1. The van der Waals surface area contributed by atoms with Crippen molar-refractivity contribution in [1.82, 2.24) is 0 Å². The minimum absolute atomic E-state index is 0.500. The van der Waals surface area contributed by atoms with Crippen molar-refractivity contribution < 1.29 is 9.28 Å². The van der Waals surface area contributed by atoms with Crippen LogP contribution >= 0.6 is 0 Å². The predicted octanol–water partition coefficient (Wildman–Crippen LogP) is 10.4. The van der Waals surface area contributed by atoms with Gasteiger partial charge < -0.3 is 9.89 Å². The van der Waals surface area contributed by atoms with Crippen LogP contribution in [0.15, 0.2) is 0 Å². The van der Waals surface area contributed by atoms with Crippen molar-refractivity contribution in [2.45, 2.75) is 169 Å². The normalized spacial score (nSPS) is 11.2. The molecule has 0 aliphatic carbocycles. The molecule has 0 heterocycles. The molecule has 0 aromatic rings. The van der Waals surface area contributed by atoms with Crippen LogP contribution in [0.25, 0.3) is 5.41 Å². The lowest BCUT2D eigenvalue weighted by Gasteiger charge is -2.39. The van der Waals surface area contributed by atoms with Gasteiger partial charge in [0.15, 0.2) is 0 Å². The summed E-state index contributed by atoms with van der Waals surface area (Å²) in [4.78, 5) is 8.24. The number of hydrogen-bond donors (Lipinski definition) is 0. The topological polar surface area (TPSA) is 39.4 Å². The molecule has 3 heteroatoms. The van der Waals surface area contributed by atoms with Gasteiger partial charge in [0.2, 0.25) is 0 Å². The molecule has 0 amide bonds. The van der Waals surface area contributed by atoms with E-state index in [0.29, 0.717) is 6.08 Å². The third-order valence-electron chi connectivity index (χ3n) is 7.44. The number of nitrogens with zero attached hydrogens (tertiary/aromatic N) is 2. The zero-order valence-corrected chi connectivity index (χ0v) is 24.2. The highest BCUT2D eigenvalue weighted by molar-refractivity contribution is 5.36. The molecule has 34 heavy (non-hydrogen) atoms. The van der Waals surface area contributed by atoms with E-state index in [1.54, 1.807) is 0 Å². The smallest absolute Gasteiger partial charge is 0.0786 e. The third kappa shape index (κ3) is 26.0. The Balaban J connectivity index is 0. The summed E-state index contributed by atoms with van der Waals surface area (Å²) in [7, 11) is 0. The van der Waals surface area contributed by atoms with Crippen molar-refractivity contribution in [2.24, 2.45) is 0 Å². The lowest BCUT2D eigenvalue weighted by Crippen LogP contribution is -2.50. The van der Waals surface area contributed by atoms with Crippen LogP contribution in [0, 0.1) is 0 Å². The molecule has 0 saturated heterocycles. The molecule has 0 aliphatic heterocycles. The number of carbonyl (C=O) groups excluding carboxylic acids is 1. The largest absolute Gasteiger partial charge is 0.724 e. The van der Waals surface area contributed by atoms with E-state index in [0.717, 1.165) is 0 Å². The average molecular weight is 481 g/mol. The van der Waals surface area contributed by atoms with E-state index in [-0.39, 0.29) is 0 Å².